The van der Waals surface area contributed by atoms with Crippen LogP contribution in [0.5, 0.6) is 5.75 Å². The number of pyridine rings is 1. The summed E-state index contributed by atoms with van der Waals surface area (Å²) in [5.41, 5.74) is 8.65. The Morgan fingerprint density at radius 1 is 1.35 bits per heavy atom. The van der Waals surface area contributed by atoms with Crippen LogP contribution in [0.1, 0.15) is 16.8 Å². The van der Waals surface area contributed by atoms with Gasteiger partial charge in [0.25, 0.3) is 0 Å². The molecule has 0 aromatic carbocycles. The van der Waals surface area contributed by atoms with Gasteiger partial charge in [0.1, 0.15) is 11.3 Å². The monoisotopic (exact) mass is 334 g/mol. The number of halogens is 1. The molecule has 3 N–H and O–H groups in total. The van der Waals surface area contributed by atoms with E-state index in [4.69, 9.17) is 22.1 Å². The fourth-order valence-corrected chi connectivity index (χ4v) is 2.57. The number of hydrogen-bond acceptors (Lipinski definition) is 7. The number of fused-ring (bicyclic) bond motifs is 1. The van der Waals surface area contributed by atoms with Crippen LogP contribution in [-0.2, 0) is 17.9 Å². The van der Waals surface area contributed by atoms with Gasteiger partial charge in [-0.1, -0.05) is 11.6 Å². The zero-order chi connectivity index (χ0) is 16.6. The van der Waals surface area contributed by atoms with Crippen LogP contribution in [0, 0.1) is 6.92 Å². The number of imidazole rings is 1. The first-order chi connectivity index (χ1) is 11.0. The minimum Gasteiger partial charge on any atom is -0.506 e. The number of nitrogens with zero attached hydrogens (tertiary/aromatic N) is 5. The van der Waals surface area contributed by atoms with Crippen molar-refractivity contribution in [3.63, 3.8) is 0 Å². The topological polar surface area (TPSA) is 112 Å². The Balaban J connectivity index is 2.08. The summed E-state index contributed by atoms with van der Waals surface area (Å²) in [7, 11) is 1.57. The van der Waals surface area contributed by atoms with E-state index >= 15 is 0 Å². The molecular formula is C14H15ClN6O2. The molecule has 0 saturated heterocycles. The second-order valence-corrected chi connectivity index (χ2v) is 5.40. The Hall–Kier alpha value is -2.45. The van der Waals surface area contributed by atoms with Crippen LogP contribution in [0.3, 0.4) is 0 Å². The van der Waals surface area contributed by atoms with Crippen LogP contribution in [0.2, 0.25) is 5.15 Å². The average Bonchev–Trinajstić information content (AvgIpc) is 2.90. The fraction of sp³-hybridized carbons (Fsp3) is 0.286. The lowest BCUT2D eigenvalue weighted by molar-refractivity contribution is 0.180. The number of anilines is 1. The van der Waals surface area contributed by atoms with Gasteiger partial charge in [0.05, 0.1) is 25.2 Å². The Bertz CT molecular complexity index is 879. The maximum atomic E-state index is 10.2. The van der Waals surface area contributed by atoms with Gasteiger partial charge in [-0.15, -0.1) is 0 Å². The molecule has 3 aromatic rings. The number of nitrogens with two attached hydrogens (primary N) is 1. The Morgan fingerprint density at radius 3 is 2.87 bits per heavy atom. The molecule has 23 heavy (non-hydrogen) atoms. The molecule has 0 amide bonds. The van der Waals surface area contributed by atoms with Gasteiger partial charge < -0.3 is 20.1 Å². The zero-order valence-corrected chi connectivity index (χ0v) is 13.4. The van der Waals surface area contributed by atoms with Gasteiger partial charge in [-0.2, -0.15) is 9.97 Å². The molecule has 0 atom stereocenters. The molecule has 3 rings (SSSR count). The van der Waals surface area contributed by atoms with E-state index in [1.54, 1.807) is 31.1 Å². The van der Waals surface area contributed by atoms with Crippen molar-refractivity contribution in [3.8, 4) is 5.75 Å². The predicted molar refractivity (Wildman–Crippen MR) is 85.2 cm³/mol. The predicted octanol–water partition coefficient (Wildman–Crippen LogP) is 1.67. The average molecular weight is 335 g/mol. The summed E-state index contributed by atoms with van der Waals surface area (Å²) >= 11 is 6.03. The number of ether oxygens (including phenoxy) is 1. The Kier molecular flexibility index (Phi) is 4.01. The molecule has 0 bridgehead atoms. The van der Waals surface area contributed by atoms with E-state index in [0.29, 0.717) is 29.0 Å². The van der Waals surface area contributed by atoms with Gasteiger partial charge in [0.15, 0.2) is 10.8 Å². The van der Waals surface area contributed by atoms with Crippen molar-refractivity contribution in [2.24, 2.45) is 0 Å². The maximum absolute atomic E-state index is 10.2. The van der Waals surface area contributed by atoms with Crippen molar-refractivity contribution in [1.29, 1.82) is 0 Å². The molecule has 0 radical (unpaired) electrons. The maximum Gasteiger partial charge on any atom is 0.223 e. The minimum atomic E-state index is 0.0752. The summed E-state index contributed by atoms with van der Waals surface area (Å²) in [5.74, 6) is 0.201. The number of aromatic nitrogens is 5. The molecule has 9 heteroatoms. The highest BCUT2D eigenvalue weighted by atomic mass is 35.5. The summed E-state index contributed by atoms with van der Waals surface area (Å²) < 4.78 is 6.94. The summed E-state index contributed by atoms with van der Waals surface area (Å²) in [4.78, 5) is 16.5. The van der Waals surface area contributed by atoms with Crippen molar-refractivity contribution in [2.45, 2.75) is 20.1 Å². The normalized spacial score (nSPS) is 11.3. The smallest absolute Gasteiger partial charge is 0.223 e. The summed E-state index contributed by atoms with van der Waals surface area (Å²) in [5, 5.41) is 10.4. The van der Waals surface area contributed by atoms with Gasteiger partial charge >= 0.3 is 0 Å². The molecule has 0 unspecified atom stereocenters. The third-order valence-electron chi connectivity index (χ3n) is 3.50. The van der Waals surface area contributed by atoms with Crippen LogP contribution < -0.4 is 5.73 Å². The van der Waals surface area contributed by atoms with Gasteiger partial charge in [0, 0.05) is 18.9 Å². The van der Waals surface area contributed by atoms with E-state index in [1.165, 1.54) is 0 Å². The van der Waals surface area contributed by atoms with Crippen molar-refractivity contribution >= 4 is 28.7 Å². The third kappa shape index (κ3) is 2.78. The van der Waals surface area contributed by atoms with Crippen LogP contribution in [0.15, 0.2) is 12.5 Å². The molecule has 0 aliphatic carbocycles. The summed E-state index contributed by atoms with van der Waals surface area (Å²) in [6, 6.07) is 0. The highest BCUT2D eigenvalue weighted by Crippen LogP contribution is 2.26. The van der Waals surface area contributed by atoms with E-state index < -0.39 is 0 Å². The quantitative estimate of drug-likeness (QED) is 0.698. The largest absolute Gasteiger partial charge is 0.506 e. The molecular weight excluding hydrogens is 320 g/mol. The van der Waals surface area contributed by atoms with E-state index in [-0.39, 0.29) is 23.5 Å². The molecule has 8 nitrogen and oxygen atoms in total. The standard InChI is InChI=1S/C14H15ClN6O2/c1-7-11(22)9(5-23-2)8(3-17-7)4-21-6-18-10-12(15)19-14(16)20-13(10)21/h3,6,22H,4-5H2,1-2H3,(H2,16,19,20). The van der Waals surface area contributed by atoms with Crippen LogP contribution in [0.4, 0.5) is 5.95 Å². The van der Waals surface area contributed by atoms with Gasteiger partial charge in [-0.25, -0.2) is 4.98 Å². The van der Waals surface area contributed by atoms with E-state index in [1.807, 2.05) is 0 Å². The van der Waals surface area contributed by atoms with Crippen LogP contribution in [-0.4, -0.2) is 36.7 Å². The number of rotatable bonds is 4. The van der Waals surface area contributed by atoms with Gasteiger partial charge in [-0.05, 0) is 12.5 Å². The van der Waals surface area contributed by atoms with Crippen LogP contribution in [0.25, 0.3) is 11.2 Å². The number of hydrogen-bond donors (Lipinski definition) is 2. The molecule has 0 aliphatic rings. The van der Waals surface area contributed by atoms with Crippen molar-refractivity contribution < 1.29 is 9.84 Å². The van der Waals surface area contributed by atoms with E-state index in [0.717, 1.165) is 5.56 Å². The third-order valence-corrected chi connectivity index (χ3v) is 3.76. The zero-order valence-electron chi connectivity index (χ0n) is 12.6. The summed E-state index contributed by atoms with van der Waals surface area (Å²) in [6.45, 7) is 2.40. The van der Waals surface area contributed by atoms with Crippen molar-refractivity contribution in [3.05, 3.63) is 34.5 Å². The summed E-state index contributed by atoms with van der Waals surface area (Å²) in [6.07, 6.45) is 3.29. The van der Waals surface area contributed by atoms with Crippen molar-refractivity contribution in [2.75, 3.05) is 12.8 Å². The second-order valence-electron chi connectivity index (χ2n) is 5.05. The van der Waals surface area contributed by atoms with Gasteiger partial charge in [0.2, 0.25) is 5.95 Å². The van der Waals surface area contributed by atoms with Gasteiger partial charge in [-0.3, -0.25) is 4.98 Å². The minimum absolute atomic E-state index is 0.0752. The number of nitrogen functional groups attached to an aromatic ring is 1. The first-order valence-corrected chi connectivity index (χ1v) is 7.18. The fourth-order valence-electron chi connectivity index (χ4n) is 2.35. The highest BCUT2D eigenvalue weighted by molar-refractivity contribution is 6.33. The molecule has 0 aliphatic heterocycles. The first kappa shape index (κ1) is 15.4. The number of aryl methyl sites for hydroxylation is 1. The molecule has 120 valence electrons. The Labute approximate surface area is 136 Å². The van der Waals surface area contributed by atoms with E-state index in [2.05, 4.69) is 19.9 Å². The highest BCUT2D eigenvalue weighted by Gasteiger charge is 2.15. The lowest BCUT2D eigenvalue weighted by Gasteiger charge is -2.13. The van der Waals surface area contributed by atoms with Crippen molar-refractivity contribution in [1.82, 2.24) is 24.5 Å². The molecule has 3 aromatic heterocycles. The first-order valence-electron chi connectivity index (χ1n) is 6.80. The molecule has 0 spiro atoms. The number of methoxy groups -OCH3 is 1. The lowest BCUT2D eigenvalue weighted by atomic mass is 10.1. The number of aromatic hydroxyl groups is 1. The molecule has 0 fully saturated rings. The Morgan fingerprint density at radius 2 is 2.13 bits per heavy atom. The second kappa shape index (κ2) is 5.98. The SMILES string of the molecule is COCc1c(Cn2cnc3c(Cl)nc(N)nc32)cnc(C)c1O. The molecule has 0 saturated carbocycles. The van der Waals surface area contributed by atoms with Crippen LogP contribution >= 0.6 is 11.6 Å². The van der Waals surface area contributed by atoms with E-state index in [9.17, 15) is 5.11 Å². The molecule has 3 heterocycles. The lowest BCUT2D eigenvalue weighted by Crippen LogP contribution is -2.07.